The number of benzene rings is 2. The molecule has 1 aliphatic rings. The molecule has 2 heteroatoms. The molecule has 0 heterocycles. The Labute approximate surface area is 163 Å². The lowest BCUT2D eigenvalue weighted by Crippen LogP contribution is -2.47. The Hall–Kier alpha value is -2.45. The molecule has 0 spiro atoms. The van der Waals surface area contributed by atoms with Crippen molar-refractivity contribution in [3.05, 3.63) is 96.1 Å². The van der Waals surface area contributed by atoms with Crippen molar-refractivity contribution in [3.8, 4) is 0 Å². The standard InChI is InChI=1S/C25H29NO/c1-20(26(2)3)19-25(22-15-9-5-10-16-22,23-17-11-6-12-18-23)24(27)21-13-7-4-8-14-21/h4-17,20,23H,18-19H2,1-3H3/t20-,23?,25?/m0/s1. The van der Waals surface area contributed by atoms with Crippen molar-refractivity contribution in [2.24, 2.45) is 5.92 Å². The summed E-state index contributed by atoms with van der Waals surface area (Å²) in [7, 11) is 4.17. The van der Waals surface area contributed by atoms with Crippen LogP contribution < -0.4 is 0 Å². The Morgan fingerprint density at radius 2 is 1.67 bits per heavy atom. The smallest absolute Gasteiger partial charge is 0.174 e. The van der Waals surface area contributed by atoms with E-state index >= 15 is 0 Å². The predicted molar refractivity (Wildman–Crippen MR) is 113 cm³/mol. The predicted octanol–water partition coefficient (Wildman–Crippen LogP) is 5.28. The van der Waals surface area contributed by atoms with Crippen LogP contribution in [0.5, 0.6) is 0 Å². The van der Waals surface area contributed by atoms with Gasteiger partial charge in [-0.05, 0) is 45.3 Å². The van der Waals surface area contributed by atoms with Crippen LogP contribution in [-0.4, -0.2) is 30.8 Å². The van der Waals surface area contributed by atoms with Gasteiger partial charge in [-0.15, -0.1) is 0 Å². The molecule has 2 unspecified atom stereocenters. The zero-order chi connectivity index (χ0) is 19.3. The van der Waals surface area contributed by atoms with Crippen LogP contribution in [0.25, 0.3) is 0 Å². The quantitative estimate of drug-likeness (QED) is 0.627. The van der Waals surface area contributed by atoms with Gasteiger partial charge in [-0.25, -0.2) is 0 Å². The number of ketones is 1. The van der Waals surface area contributed by atoms with Gasteiger partial charge < -0.3 is 4.90 Å². The molecule has 0 radical (unpaired) electrons. The Morgan fingerprint density at radius 3 is 2.22 bits per heavy atom. The van der Waals surface area contributed by atoms with E-state index in [0.717, 1.165) is 24.0 Å². The van der Waals surface area contributed by atoms with Gasteiger partial charge in [-0.3, -0.25) is 4.79 Å². The zero-order valence-corrected chi connectivity index (χ0v) is 16.5. The molecule has 1 aliphatic carbocycles. The van der Waals surface area contributed by atoms with Crippen LogP contribution in [0.15, 0.2) is 85.0 Å². The molecule has 0 saturated heterocycles. The molecule has 0 aliphatic heterocycles. The molecule has 3 atom stereocenters. The second-order valence-corrected chi connectivity index (χ2v) is 7.70. The third kappa shape index (κ3) is 3.96. The first-order chi connectivity index (χ1) is 13.1. The largest absolute Gasteiger partial charge is 0.307 e. The molecule has 2 aromatic rings. The summed E-state index contributed by atoms with van der Waals surface area (Å²) in [5, 5.41) is 0. The SMILES string of the molecule is C[C@@H](CC(C(=O)c1ccccc1)(c1ccccc1)C1C=CC=CC1)N(C)C. The highest BCUT2D eigenvalue weighted by Crippen LogP contribution is 2.44. The maximum atomic E-state index is 14.0. The minimum absolute atomic E-state index is 0.139. The van der Waals surface area contributed by atoms with Crippen LogP contribution in [0.1, 0.15) is 35.7 Å². The first kappa shape index (κ1) is 19.3. The van der Waals surface area contributed by atoms with E-state index in [9.17, 15) is 4.79 Å². The normalized spacial score (nSPS) is 19.6. The molecule has 0 amide bonds. The molecule has 27 heavy (non-hydrogen) atoms. The molecule has 0 saturated carbocycles. The minimum Gasteiger partial charge on any atom is -0.307 e. The fraction of sp³-hybridized carbons (Fsp3) is 0.320. The molecule has 2 aromatic carbocycles. The second kappa shape index (κ2) is 8.49. The number of hydrogen-bond acceptors (Lipinski definition) is 2. The van der Waals surface area contributed by atoms with E-state index in [4.69, 9.17) is 0 Å². The van der Waals surface area contributed by atoms with E-state index in [1.165, 1.54) is 0 Å². The molecular weight excluding hydrogens is 330 g/mol. The van der Waals surface area contributed by atoms with E-state index in [2.05, 4.69) is 62.4 Å². The van der Waals surface area contributed by atoms with Crippen LogP contribution in [0.3, 0.4) is 0 Å². The van der Waals surface area contributed by atoms with Gasteiger partial charge in [0.25, 0.3) is 0 Å². The van der Waals surface area contributed by atoms with Gasteiger partial charge in [0.1, 0.15) is 0 Å². The topological polar surface area (TPSA) is 20.3 Å². The van der Waals surface area contributed by atoms with Gasteiger partial charge in [0.2, 0.25) is 0 Å². The summed E-state index contributed by atoms with van der Waals surface area (Å²) < 4.78 is 0. The Morgan fingerprint density at radius 1 is 1.04 bits per heavy atom. The zero-order valence-electron chi connectivity index (χ0n) is 16.5. The lowest BCUT2D eigenvalue weighted by atomic mass is 9.61. The Kier molecular flexibility index (Phi) is 6.08. The summed E-state index contributed by atoms with van der Waals surface area (Å²) in [5.41, 5.74) is 1.31. The molecule has 3 rings (SSSR count). The number of carbonyl (C=O) groups is 1. The number of hydrogen-bond donors (Lipinski definition) is 0. The minimum atomic E-state index is -0.590. The molecule has 0 bridgehead atoms. The maximum absolute atomic E-state index is 14.0. The number of allylic oxidation sites excluding steroid dienone is 4. The monoisotopic (exact) mass is 359 g/mol. The Bertz CT molecular complexity index is 807. The summed E-state index contributed by atoms with van der Waals surface area (Å²) in [6.45, 7) is 2.21. The average molecular weight is 360 g/mol. The molecule has 0 N–H and O–H groups in total. The van der Waals surface area contributed by atoms with E-state index in [-0.39, 0.29) is 17.7 Å². The Balaban J connectivity index is 2.19. The summed E-state index contributed by atoms with van der Waals surface area (Å²) in [5.74, 6) is 0.355. The van der Waals surface area contributed by atoms with Crippen LogP contribution >= 0.6 is 0 Å². The summed E-state index contributed by atoms with van der Waals surface area (Å²) in [4.78, 5) is 16.3. The van der Waals surface area contributed by atoms with E-state index in [1.54, 1.807) is 0 Å². The van der Waals surface area contributed by atoms with Crippen LogP contribution in [0.4, 0.5) is 0 Å². The third-order valence-corrected chi connectivity index (χ3v) is 5.84. The van der Waals surface area contributed by atoms with E-state index < -0.39 is 5.41 Å². The fourth-order valence-electron chi connectivity index (χ4n) is 4.05. The third-order valence-electron chi connectivity index (χ3n) is 5.84. The van der Waals surface area contributed by atoms with E-state index in [1.807, 2.05) is 48.5 Å². The summed E-state index contributed by atoms with van der Waals surface area (Å²) in [6.07, 6.45) is 10.2. The van der Waals surface area contributed by atoms with Gasteiger partial charge in [-0.1, -0.05) is 85.0 Å². The lowest BCUT2D eigenvalue weighted by molar-refractivity contribution is 0.0789. The van der Waals surface area contributed by atoms with Crippen molar-refractivity contribution in [1.82, 2.24) is 4.90 Å². The fourth-order valence-corrected chi connectivity index (χ4v) is 4.05. The number of Topliss-reactive ketones (excluding diaryl/α,β-unsaturated/α-hetero) is 1. The molecule has 140 valence electrons. The highest BCUT2D eigenvalue weighted by Gasteiger charge is 2.47. The number of carbonyl (C=O) groups excluding carboxylic acids is 1. The van der Waals surface area contributed by atoms with Crippen molar-refractivity contribution in [1.29, 1.82) is 0 Å². The van der Waals surface area contributed by atoms with Gasteiger partial charge in [0.15, 0.2) is 5.78 Å². The lowest BCUT2D eigenvalue weighted by Gasteiger charge is -2.42. The van der Waals surface area contributed by atoms with Gasteiger partial charge in [0, 0.05) is 11.6 Å². The van der Waals surface area contributed by atoms with Crippen LogP contribution in [0.2, 0.25) is 0 Å². The number of rotatable bonds is 7. The van der Waals surface area contributed by atoms with Crippen LogP contribution in [-0.2, 0) is 5.41 Å². The first-order valence-electron chi connectivity index (χ1n) is 9.71. The molecule has 0 aromatic heterocycles. The van der Waals surface area contributed by atoms with Gasteiger partial charge >= 0.3 is 0 Å². The van der Waals surface area contributed by atoms with E-state index in [0.29, 0.717) is 0 Å². The van der Waals surface area contributed by atoms with Crippen molar-refractivity contribution in [3.63, 3.8) is 0 Å². The number of nitrogens with zero attached hydrogens (tertiary/aromatic N) is 1. The average Bonchev–Trinajstić information content (AvgIpc) is 2.73. The molecular formula is C25H29NO. The first-order valence-corrected chi connectivity index (χ1v) is 9.71. The van der Waals surface area contributed by atoms with Crippen molar-refractivity contribution in [2.45, 2.75) is 31.2 Å². The van der Waals surface area contributed by atoms with Crippen LogP contribution in [0, 0.1) is 5.92 Å². The van der Waals surface area contributed by atoms with Crippen molar-refractivity contribution in [2.75, 3.05) is 14.1 Å². The highest BCUT2D eigenvalue weighted by molar-refractivity contribution is 6.04. The highest BCUT2D eigenvalue weighted by atomic mass is 16.1. The maximum Gasteiger partial charge on any atom is 0.174 e. The second-order valence-electron chi connectivity index (χ2n) is 7.70. The van der Waals surface area contributed by atoms with Gasteiger partial charge in [0.05, 0.1) is 5.41 Å². The summed E-state index contributed by atoms with van der Waals surface area (Å²) >= 11 is 0. The van der Waals surface area contributed by atoms with Crippen molar-refractivity contribution < 1.29 is 4.79 Å². The van der Waals surface area contributed by atoms with Crippen molar-refractivity contribution >= 4 is 5.78 Å². The summed E-state index contributed by atoms with van der Waals surface area (Å²) in [6, 6.07) is 20.4. The van der Waals surface area contributed by atoms with Gasteiger partial charge in [-0.2, -0.15) is 0 Å². The molecule has 2 nitrogen and oxygen atoms in total. The molecule has 0 fully saturated rings.